The lowest BCUT2D eigenvalue weighted by atomic mass is 9.95. The van der Waals surface area contributed by atoms with Gasteiger partial charge in [0.1, 0.15) is 0 Å². The number of rotatable bonds is 5. The largest absolute Gasteiger partial charge is 0.469 e. The molecule has 0 aliphatic carbocycles. The molecular weight excluding hydrogens is 348 g/mol. The molecule has 1 aromatic rings. The van der Waals surface area contributed by atoms with Crippen LogP contribution < -0.4 is 0 Å². The summed E-state index contributed by atoms with van der Waals surface area (Å²) in [4.78, 5) is 16.6. The first-order chi connectivity index (χ1) is 10.5. The summed E-state index contributed by atoms with van der Waals surface area (Å²) in [5, 5.41) is 10.7. The fourth-order valence-electron chi connectivity index (χ4n) is 2.69. The Morgan fingerprint density at radius 1 is 1.32 bits per heavy atom. The topological polar surface area (TPSA) is 53.0 Å². The summed E-state index contributed by atoms with van der Waals surface area (Å²) in [7, 11) is 3.46. The number of hydrogen-bond acceptors (Lipinski definition) is 5. The molecule has 0 aromatic heterocycles. The summed E-state index contributed by atoms with van der Waals surface area (Å²) in [6, 6.07) is 7.43. The van der Waals surface area contributed by atoms with Gasteiger partial charge in [-0.15, -0.1) is 0 Å². The van der Waals surface area contributed by atoms with Gasteiger partial charge >= 0.3 is 5.97 Å². The van der Waals surface area contributed by atoms with Crippen molar-refractivity contribution < 1.29 is 14.6 Å². The van der Waals surface area contributed by atoms with Crippen molar-refractivity contribution in [3.8, 4) is 0 Å². The minimum atomic E-state index is -0.886. The fraction of sp³-hybridized carbons (Fsp3) is 0.562. The number of piperazine rings is 1. The number of ether oxygens (including phenoxy) is 1. The van der Waals surface area contributed by atoms with Crippen LogP contribution >= 0.6 is 15.9 Å². The molecule has 5 nitrogen and oxygen atoms in total. The highest BCUT2D eigenvalue weighted by Gasteiger charge is 2.32. The normalized spacial score (nSPS) is 19.6. The van der Waals surface area contributed by atoms with Crippen LogP contribution in [0.5, 0.6) is 0 Å². The Morgan fingerprint density at radius 3 is 2.55 bits per heavy atom. The van der Waals surface area contributed by atoms with E-state index < -0.39 is 12.0 Å². The number of esters is 1. The second-order valence-corrected chi connectivity index (χ2v) is 6.55. The quantitative estimate of drug-likeness (QED) is 0.796. The summed E-state index contributed by atoms with van der Waals surface area (Å²) in [5.74, 6) is -0.964. The molecule has 1 aliphatic heterocycles. The fourth-order valence-corrected chi connectivity index (χ4v) is 3.21. The predicted octanol–water partition coefficient (Wildman–Crippen LogP) is 1.52. The van der Waals surface area contributed by atoms with E-state index >= 15 is 0 Å². The van der Waals surface area contributed by atoms with Crippen LogP contribution in [0.1, 0.15) is 11.7 Å². The Balaban J connectivity index is 2.12. The lowest BCUT2D eigenvalue weighted by molar-refractivity contribution is -0.151. The average molecular weight is 371 g/mol. The van der Waals surface area contributed by atoms with Gasteiger partial charge < -0.3 is 14.7 Å². The molecule has 122 valence electrons. The number of carbonyl (C=O) groups excluding carboxylic acids is 1. The molecule has 22 heavy (non-hydrogen) atoms. The molecule has 1 aromatic carbocycles. The number of carbonyl (C=O) groups is 1. The number of halogens is 1. The van der Waals surface area contributed by atoms with Gasteiger partial charge in [-0.3, -0.25) is 9.69 Å². The maximum Gasteiger partial charge on any atom is 0.312 e. The van der Waals surface area contributed by atoms with E-state index in [-0.39, 0.29) is 5.97 Å². The number of aliphatic hydroxyl groups excluding tert-OH is 1. The van der Waals surface area contributed by atoms with Gasteiger partial charge in [0, 0.05) is 37.2 Å². The maximum atomic E-state index is 12.1. The first-order valence-corrected chi connectivity index (χ1v) is 8.23. The van der Waals surface area contributed by atoms with Gasteiger partial charge in [0.2, 0.25) is 0 Å². The van der Waals surface area contributed by atoms with Gasteiger partial charge in [0.15, 0.2) is 0 Å². The highest BCUT2D eigenvalue weighted by Crippen LogP contribution is 2.30. The molecule has 2 atom stereocenters. The summed E-state index contributed by atoms with van der Waals surface area (Å²) < 4.78 is 5.71. The summed E-state index contributed by atoms with van der Waals surface area (Å²) in [6.45, 7) is 4.24. The van der Waals surface area contributed by atoms with Crippen molar-refractivity contribution in [2.75, 3.05) is 46.9 Å². The van der Waals surface area contributed by atoms with Crippen LogP contribution in [0.25, 0.3) is 0 Å². The maximum absolute atomic E-state index is 12.1. The van der Waals surface area contributed by atoms with E-state index in [0.29, 0.717) is 12.1 Å². The molecule has 1 aliphatic rings. The van der Waals surface area contributed by atoms with E-state index in [1.807, 2.05) is 24.3 Å². The van der Waals surface area contributed by atoms with Gasteiger partial charge in [0.05, 0.1) is 19.1 Å². The number of nitrogens with zero attached hydrogens (tertiary/aromatic N) is 2. The van der Waals surface area contributed by atoms with Crippen LogP contribution in [0.2, 0.25) is 0 Å². The van der Waals surface area contributed by atoms with Crippen molar-refractivity contribution in [1.29, 1.82) is 0 Å². The molecule has 1 saturated heterocycles. The van der Waals surface area contributed by atoms with Crippen molar-refractivity contribution in [2.24, 2.45) is 5.92 Å². The molecule has 1 N–H and O–H groups in total. The number of likely N-dealkylation sites (N-methyl/N-ethyl adjacent to an activating group) is 1. The molecule has 0 radical (unpaired) electrons. The molecule has 6 heteroatoms. The Labute approximate surface area is 140 Å². The molecule has 0 saturated carbocycles. The standard InChI is InChI=1S/C16H23BrN2O3/c1-18-7-9-19(10-8-18)11-13(16(21)22-2)15(20)12-5-3-4-6-14(12)17/h3-6,13,15,20H,7-11H2,1-2H3/t13-,15+/m0/s1. The van der Waals surface area contributed by atoms with Gasteiger partial charge in [-0.2, -0.15) is 0 Å². The highest BCUT2D eigenvalue weighted by molar-refractivity contribution is 9.10. The van der Waals surface area contributed by atoms with Crippen LogP contribution in [0.3, 0.4) is 0 Å². The zero-order valence-corrected chi connectivity index (χ0v) is 14.6. The third-order valence-corrected chi connectivity index (χ3v) is 4.88. The summed E-state index contributed by atoms with van der Waals surface area (Å²) in [6.07, 6.45) is -0.886. The van der Waals surface area contributed by atoms with Crippen molar-refractivity contribution >= 4 is 21.9 Å². The number of aliphatic hydroxyl groups is 1. The second-order valence-electron chi connectivity index (χ2n) is 5.70. The van der Waals surface area contributed by atoms with Gasteiger partial charge in [0.25, 0.3) is 0 Å². The first-order valence-electron chi connectivity index (χ1n) is 7.44. The van der Waals surface area contributed by atoms with Gasteiger partial charge in [-0.25, -0.2) is 0 Å². The highest BCUT2D eigenvalue weighted by atomic mass is 79.9. The molecule has 1 fully saturated rings. The predicted molar refractivity (Wildman–Crippen MR) is 88.5 cm³/mol. The lowest BCUT2D eigenvalue weighted by Crippen LogP contribution is -2.48. The van der Waals surface area contributed by atoms with Crippen LogP contribution in [-0.2, 0) is 9.53 Å². The van der Waals surface area contributed by atoms with Crippen LogP contribution in [0, 0.1) is 5.92 Å². The molecule has 0 amide bonds. The van der Waals surface area contributed by atoms with Crippen LogP contribution in [0.15, 0.2) is 28.7 Å². The van der Waals surface area contributed by atoms with E-state index in [2.05, 4.69) is 32.8 Å². The second kappa shape index (κ2) is 8.06. The van der Waals surface area contributed by atoms with Crippen molar-refractivity contribution in [3.05, 3.63) is 34.3 Å². The van der Waals surface area contributed by atoms with Crippen molar-refractivity contribution in [2.45, 2.75) is 6.10 Å². The van der Waals surface area contributed by atoms with Crippen LogP contribution in [0.4, 0.5) is 0 Å². The summed E-state index contributed by atoms with van der Waals surface area (Å²) >= 11 is 3.44. The molecule has 2 rings (SSSR count). The van der Waals surface area contributed by atoms with Gasteiger partial charge in [-0.05, 0) is 18.7 Å². The molecule has 0 bridgehead atoms. The monoisotopic (exact) mass is 370 g/mol. The number of benzene rings is 1. The first kappa shape index (κ1) is 17.4. The third kappa shape index (κ3) is 4.29. The summed E-state index contributed by atoms with van der Waals surface area (Å²) in [5.41, 5.74) is 0.715. The van der Waals surface area contributed by atoms with Crippen molar-refractivity contribution in [1.82, 2.24) is 9.80 Å². The van der Waals surface area contributed by atoms with Crippen LogP contribution in [-0.4, -0.2) is 67.8 Å². The molecule has 1 heterocycles. The van der Waals surface area contributed by atoms with E-state index in [0.717, 1.165) is 30.7 Å². The molecule has 0 unspecified atom stereocenters. The van der Waals surface area contributed by atoms with E-state index in [4.69, 9.17) is 4.74 Å². The third-order valence-electron chi connectivity index (χ3n) is 4.16. The number of hydrogen-bond donors (Lipinski definition) is 1. The zero-order valence-electron chi connectivity index (χ0n) is 13.0. The van der Waals surface area contributed by atoms with Gasteiger partial charge in [-0.1, -0.05) is 34.1 Å². The smallest absolute Gasteiger partial charge is 0.312 e. The minimum Gasteiger partial charge on any atom is -0.469 e. The Bertz CT molecular complexity index is 504. The Morgan fingerprint density at radius 2 is 1.95 bits per heavy atom. The SMILES string of the molecule is COC(=O)[C@@H](CN1CCN(C)CC1)[C@H](O)c1ccccc1Br. The average Bonchev–Trinajstić information content (AvgIpc) is 2.53. The Hall–Kier alpha value is -0.950. The van der Waals surface area contributed by atoms with E-state index in [1.54, 1.807) is 0 Å². The minimum absolute atomic E-state index is 0.373. The van der Waals surface area contributed by atoms with E-state index in [9.17, 15) is 9.90 Å². The number of methoxy groups -OCH3 is 1. The zero-order chi connectivity index (χ0) is 16.1. The Kier molecular flexibility index (Phi) is 6.37. The molecular formula is C16H23BrN2O3. The lowest BCUT2D eigenvalue weighted by Gasteiger charge is -2.35. The molecule has 0 spiro atoms. The van der Waals surface area contributed by atoms with E-state index in [1.165, 1.54) is 7.11 Å². The van der Waals surface area contributed by atoms with Crippen molar-refractivity contribution in [3.63, 3.8) is 0 Å².